The molecule has 1 atom stereocenters. The molecule has 0 radical (unpaired) electrons. The van der Waals surface area contributed by atoms with Crippen LogP contribution in [0.15, 0.2) is 42.5 Å². The molecule has 0 bridgehead atoms. The van der Waals surface area contributed by atoms with E-state index < -0.39 is 0 Å². The molecule has 0 saturated carbocycles. The van der Waals surface area contributed by atoms with Gasteiger partial charge in [-0.1, -0.05) is 30.3 Å². The van der Waals surface area contributed by atoms with Gasteiger partial charge in [0.1, 0.15) is 9.71 Å². The Morgan fingerprint density at radius 1 is 1.25 bits per heavy atom. The summed E-state index contributed by atoms with van der Waals surface area (Å²) in [6.07, 6.45) is 3.36. The number of carbonyl (C=O) groups is 1. The number of carbonyl (C=O) groups excluding carboxylic acids is 1. The number of nitrogens with zero attached hydrogens (tertiary/aromatic N) is 3. The summed E-state index contributed by atoms with van der Waals surface area (Å²) in [7, 11) is 3.49. The second-order valence-corrected chi connectivity index (χ2v) is 8.56. The molecule has 1 amide bonds. The highest BCUT2D eigenvalue weighted by molar-refractivity contribution is 7.21. The lowest BCUT2D eigenvalue weighted by atomic mass is 10.1. The van der Waals surface area contributed by atoms with E-state index in [-0.39, 0.29) is 5.91 Å². The van der Waals surface area contributed by atoms with Crippen molar-refractivity contribution in [2.75, 3.05) is 32.9 Å². The number of hydrogen-bond acceptors (Lipinski definition) is 5. The van der Waals surface area contributed by atoms with Gasteiger partial charge in [-0.2, -0.15) is 0 Å². The van der Waals surface area contributed by atoms with Gasteiger partial charge in [-0.25, -0.2) is 4.98 Å². The van der Waals surface area contributed by atoms with E-state index in [0.717, 1.165) is 41.8 Å². The van der Waals surface area contributed by atoms with Crippen LogP contribution >= 0.6 is 11.3 Å². The van der Waals surface area contributed by atoms with Crippen LogP contribution in [0.4, 0.5) is 5.69 Å². The number of nitrogens with two attached hydrogens (primary N) is 1. The van der Waals surface area contributed by atoms with Crippen molar-refractivity contribution in [3.8, 4) is 0 Å². The van der Waals surface area contributed by atoms with Gasteiger partial charge in [-0.3, -0.25) is 9.69 Å². The predicted octanol–water partition coefficient (Wildman–Crippen LogP) is 3.96. The summed E-state index contributed by atoms with van der Waals surface area (Å²) in [5.74, 6) is -0.0626. The monoisotopic (exact) mass is 394 g/mol. The van der Waals surface area contributed by atoms with Crippen molar-refractivity contribution in [2.45, 2.75) is 25.3 Å². The van der Waals surface area contributed by atoms with Gasteiger partial charge >= 0.3 is 0 Å². The number of likely N-dealkylation sites (tertiary alicyclic amines) is 1. The van der Waals surface area contributed by atoms with Gasteiger partial charge < -0.3 is 10.6 Å². The molecular weight excluding hydrogens is 368 g/mol. The van der Waals surface area contributed by atoms with Crippen molar-refractivity contribution in [1.82, 2.24) is 14.8 Å². The first-order valence-corrected chi connectivity index (χ1v) is 10.5. The molecule has 6 heteroatoms. The molecule has 1 unspecified atom stereocenters. The molecule has 1 fully saturated rings. The lowest BCUT2D eigenvalue weighted by molar-refractivity contribution is 0.0833. The Bertz CT molecular complexity index is 983. The molecule has 4 rings (SSSR count). The van der Waals surface area contributed by atoms with E-state index in [1.165, 1.54) is 23.3 Å². The molecule has 146 valence electrons. The molecule has 1 aromatic carbocycles. The van der Waals surface area contributed by atoms with Crippen LogP contribution < -0.4 is 5.73 Å². The molecule has 0 aliphatic carbocycles. The highest BCUT2D eigenvalue weighted by atomic mass is 32.1. The minimum absolute atomic E-state index is 0.0626. The molecular formula is C22H26N4OS. The van der Waals surface area contributed by atoms with Crippen LogP contribution in [0.1, 0.15) is 39.8 Å². The van der Waals surface area contributed by atoms with E-state index in [2.05, 4.69) is 41.3 Å². The average molecular weight is 395 g/mol. The lowest BCUT2D eigenvalue weighted by Crippen LogP contribution is -2.26. The van der Waals surface area contributed by atoms with Crippen LogP contribution in [-0.2, 0) is 6.42 Å². The van der Waals surface area contributed by atoms with Crippen LogP contribution in [0.25, 0.3) is 10.2 Å². The fourth-order valence-corrected chi connectivity index (χ4v) is 5.03. The first kappa shape index (κ1) is 18.9. The maximum Gasteiger partial charge on any atom is 0.265 e. The van der Waals surface area contributed by atoms with Crippen LogP contribution in [0, 0.1) is 0 Å². The molecule has 3 aromatic rings. The normalized spacial score (nSPS) is 17.3. The summed E-state index contributed by atoms with van der Waals surface area (Å²) >= 11 is 1.40. The smallest absolute Gasteiger partial charge is 0.265 e. The van der Waals surface area contributed by atoms with Gasteiger partial charge in [0, 0.05) is 26.0 Å². The largest absolute Gasteiger partial charge is 0.397 e. The summed E-state index contributed by atoms with van der Waals surface area (Å²) in [6.45, 7) is 2.14. The molecule has 28 heavy (non-hydrogen) atoms. The van der Waals surface area contributed by atoms with Crippen LogP contribution in [-0.4, -0.2) is 47.9 Å². The molecule has 1 aliphatic heterocycles. The number of aromatic nitrogens is 1. The van der Waals surface area contributed by atoms with E-state index in [1.54, 1.807) is 19.0 Å². The van der Waals surface area contributed by atoms with Crippen molar-refractivity contribution >= 4 is 33.1 Å². The second-order valence-electron chi connectivity index (χ2n) is 7.56. The molecule has 0 spiro atoms. The van der Waals surface area contributed by atoms with Gasteiger partial charge in [-0.15, -0.1) is 11.3 Å². The number of benzene rings is 1. The van der Waals surface area contributed by atoms with E-state index in [9.17, 15) is 4.79 Å². The minimum Gasteiger partial charge on any atom is -0.397 e. The maximum atomic E-state index is 12.4. The van der Waals surface area contributed by atoms with Crippen molar-refractivity contribution in [3.05, 3.63) is 58.6 Å². The zero-order valence-corrected chi connectivity index (χ0v) is 17.2. The molecule has 1 saturated heterocycles. The fraction of sp³-hybridized carbons (Fsp3) is 0.364. The zero-order valence-electron chi connectivity index (χ0n) is 16.4. The SMILES string of the molecule is CN(C)C(=O)c1sc2nc(C3CCCN3CCc3ccccc3)ccc2c1N. The van der Waals surface area contributed by atoms with Crippen LogP contribution in [0.5, 0.6) is 0 Å². The van der Waals surface area contributed by atoms with Crippen molar-refractivity contribution in [3.63, 3.8) is 0 Å². The minimum atomic E-state index is -0.0626. The summed E-state index contributed by atoms with van der Waals surface area (Å²) < 4.78 is 0. The van der Waals surface area contributed by atoms with Gasteiger partial charge in [0.05, 0.1) is 17.4 Å². The zero-order chi connectivity index (χ0) is 19.7. The van der Waals surface area contributed by atoms with E-state index in [1.807, 2.05) is 6.07 Å². The number of rotatable bonds is 5. The van der Waals surface area contributed by atoms with E-state index in [0.29, 0.717) is 16.6 Å². The summed E-state index contributed by atoms with van der Waals surface area (Å²) in [6, 6.07) is 15.1. The summed E-state index contributed by atoms with van der Waals surface area (Å²) in [5.41, 5.74) is 9.24. The average Bonchev–Trinajstić information content (AvgIpc) is 3.30. The van der Waals surface area contributed by atoms with Gasteiger partial charge in [0.2, 0.25) is 0 Å². The number of amides is 1. The number of hydrogen-bond donors (Lipinski definition) is 1. The number of anilines is 1. The summed E-state index contributed by atoms with van der Waals surface area (Å²) in [4.78, 5) is 22.8. The third-order valence-electron chi connectivity index (χ3n) is 5.45. The predicted molar refractivity (Wildman–Crippen MR) is 116 cm³/mol. The van der Waals surface area contributed by atoms with Crippen molar-refractivity contribution in [1.29, 1.82) is 0 Å². The Morgan fingerprint density at radius 3 is 2.79 bits per heavy atom. The highest BCUT2D eigenvalue weighted by Crippen LogP contribution is 2.37. The number of thiophene rings is 1. The van der Waals surface area contributed by atoms with Gasteiger partial charge in [0.15, 0.2) is 0 Å². The second kappa shape index (κ2) is 7.89. The topological polar surface area (TPSA) is 62.5 Å². The first-order valence-electron chi connectivity index (χ1n) is 9.73. The van der Waals surface area contributed by atoms with Gasteiger partial charge in [0.25, 0.3) is 5.91 Å². The Morgan fingerprint density at radius 2 is 2.04 bits per heavy atom. The Kier molecular flexibility index (Phi) is 5.33. The number of pyridine rings is 1. The molecule has 1 aliphatic rings. The molecule has 3 heterocycles. The Balaban J connectivity index is 1.56. The molecule has 2 aromatic heterocycles. The summed E-state index contributed by atoms with van der Waals surface area (Å²) in [5, 5.41) is 0.882. The Hall–Kier alpha value is -2.44. The molecule has 2 N–H and O–H groups in total. The van der Waals surface area contributed by atoms with E-state index in [4.69, 9.17) is 10.7 Å². The molecule has 5 nitrogen and oxygen atoms in total. The number of nitrogen functional groups attached to an aromatic ring is 1. The quantitative estimate of drug-likeness (QED) is 0.711. The first-order chi connectivity index (χ1) is 13.5. The van der Waals surface area contributed by atoms with E-state index >= 15 is 0 Å². The van der Waals surface area contributed by atoms with Crippen LogP contribution in [0.3, 0.4) is 0 Å². The lowest BCUT2D eigenvalue weighted by Gasteiger charge is -2.24. The highest BCUT2D eigenvalue weighted by Gasteiger charge is 2.27. The third kappa shape index (κ3) is 3.62. The fourth-order valence-electron chi connectivity index (χ4n) is 3.91. The van der Waals surface area contributed by atoms with Crippen LogP contribution in [0.2, 0.25) is 0 Å². The number of fused-ring (bicyclic) bond motifs is 1. The van der Waals surface area contributed by atoms with Crippen molar-refractivity contribution in [2.24, 2.45) is 0 Å². The Labute approximate surface area is 169 Å². The maximum absolute atomic E-state index is 12.4. The third-order valence-corrected chi connectivity index (χ3v) is 6.55. The van der Waals surface area contributed by atoms with Gasteiger partial charge in [-0.05, 0) is 43.5 Å². The van der Waals surface area contributed by atoms with Crippen molar-refractivity contribution < 1.29 is 4.79 Å². The standard InChI is InChI=1S/C22H26N4OS/c1-25(2)22(27)20-19(23)16-10-11-17(24-21(16)28-20)18-9-6-13-26(18)14-12-15-7-4-3-5-8-15/h3-5,7-8,10-11,18H,6,9,12-14,23H2,1-2H3.